The molecule has 0 bridgehead atoms. The number of piperazine rings is 1. The van der Waals surface area contributed by atoms with E-state index in [1.807, 2.05) is 17.0 Å². The SMILES string of the molecule is O=C1CN(CCc2cccnc2)CC(=O)N1. The third kappa shape index (κ3) is 2.87. The average Bonchev–Trinajstić information content (AvgIpc) is 2.27. The van der Waals surface area contributed by atoms with Crippen LogP contribution in [0.15, 0.2) is 24.5 Å². The number of pyridine rings is 1. The highest BCUT2D eigenvalue weighted by molar-refractivity contribution is 5.99. The number of rotatable bonds is 3. The fourth-order valence-electron chi connectivity index (χ4n) is 1.69. The van der Waals surface area contributed by atoms with E-state index < -0.39 is 0 Å². The van der Waals surface area contributed by atoms with E-state index in [9.17, 15) is 9.59 Å². The van der Waals surface area contributed by atoms with E-state index in [4.69, 9.17) is 0 Å². The van der Waals surface area contributed by atoms with Gasteiger partial charge in [0.1, 0.15) is 0 Å². The van der Waals surface area contributed by atoms with Crippen LogP contribution in [-0.4, -0.2) is 41.3 Å². The van der Waals surface area contributed by atoms with Crippen LogP contribution in [0, 0.1) is 0 Å². The van der Waals surface area contributed by atoms with Crippen molar-refractivity contribution in [2.24, 2.45) is 0 Å². The zero-order chi connectivity index (χ0) is 11.4. The van der Waals surface area contributed by atoms with E-state index in [0.29, 0.717) is 19.6 Å². The maximum atomic E-state index is 11.1. The maximum Gasteiger partial charge on any atom is 0.240 e. The molecule has 1 aromatic heterocycles. The van der Waals surface area contributed by atoms with Gasteiger partial charge in [-0.3, -0.25) is 24.8 Å². The van der Waals surface area contributed by atoms with Crippen molar-refractivity contribution in [2.45, 2.75) is 6.42 Å². The van der Waals surface area contributed by atoms with Crippen LogP contribution in [0.5, 0.6) is 0 Å². The van der Waals surface area contributed by atoms with Crippen molar-refractivity contribution in [1.29, 1.82) is 0 Å². The van der Waals surface area contributed by atoms with E-state index in [-0.39, 0.29) is 11.8 Å². The quantitative estimate of drug-likeness (QED) is 0.701. The maximum absolute atomic E-state index is 11.1. The zero-order valence-corrected chi connectivity index (χ0v) is 8.85. The number of nitrogens with zero attached hydrogens (tertiary/aromatic N) is 2. The van der Waals surface area contributed by atoms with Gasteiger partial charge in [0.15, 0.2) is 0 Å². The Morgan fingerprint density at radius 3 is 2.69 bits per heavy atom. The molecular formula is C11H13N3O2. The monoisotopic (exact) mass is 219 g/mol. The minimum absolute atomic E-state index is 0.220. The van der Waals surface area contributed by atoms with E-state index in [1.165, 1.54) is 0 Å². The number of carbonyl (C=O) groups is 2. The van der Waals surface area contributed by atoms with Crippen LogP contribution in [0.4, 0.5) is 0 Å². The van der Waals surface area contributed by atoms with E-state index in [0.717, 1.165) is 12.0 Å². The van der Waals surface area contributed by atoms with E-state index in [1.54, 1.807) is 12.4 Å². The van der Waals surface area contributed by atoms with Gasteiger partial charge in [0, 0.05) is 18.9 Å². The van der Waals surface area contributed by atoms with Crippen LogP contribution >= 0.6 is 0 Å². The predicted molar refractivity (Wildman–Crippen MR) is 57.5 cm³/mol. The van der Waals surface area contributed by atoms with Gasteiger partial charge >= 0.3 is 0 Å². The number of hydrogen-bond donors (Lipinski definition) is 1. The molecule has 5 nitrogen and oxygen atoms in total. The van der Waals surface area contributed by atoms with Crippen molar-refractivity contribution >= 4 is 11.8 Å². The van der Waals surface area contributed by atoms with Crippen molar-refractivity contribution in [3.05, 3.63) is 30.1 Å². The molecule has 2 amide bonds. The van der Waals surface area contributed by atoms with Gasteiger partial charge in [0.2, 0.25) is 11.8 Å². The summed E-state index contributed by atoms with van der Waals surface area (Å²) in [6, 6.07) is 3.86. The largest absolute Gasteiger partial charge is 0.294 e. The van der Waals surface area contributed by atoms with Crippen LogP contribution in [0.25, 0.3) is 0 Å². The first-order valence-corrected chi connectivity index (χ1v) is 5.18. The van der Waals surface area contributed by atoms with Gasteiger partial charge in [-0.2, -0.15) is 0 Å². The Bertz CT molecular complexity index is 375. The zero-order valence-electron chi connectivity index (χ0n) is 8.85. The molecule has 2 heterocycles. The minimum atomic E-state index is -0.220. The molecule has 0 unspecified atom stereocenters. The lowest BCUT2D eigenvalue weighted by Crippen LogP contribution is -2.51. The van der Waals surface area contributed by atoms with E-state index >= 15 is 0 Å². The molecule has 1 aliphatic rings. The van der Waals surface area contributed by atoms with Crippen molar-refractivity contribution in [3.8, 4) is 0 Å². The topological polar surface area (TPSA) is 62.3 Å². The molecule has 0 aliphatic carbocycles. The Hall–Kier alpha value is -1.75. The molecule has 16 heavy (non-hydrogen) atoms. The normalized spacial score (nSPS) is 17.2. The van der Waals surface area contributed by atoms with Gasteiger partial charge < -0.3 is 0 Å². The molecule has 0 aromatic carbocycles. The highest BCUT2D eigenvalue weighted by Gasteiger charge is 2.21. The Morgan fingerprint density at radius 2 is 2.06 bits per heavy atom. The number of aromatic nitrogens is 1. The Balaban J connectivity index is 1.86. The summed E-state index contributed by atoms with van der Waals surface area (Å²) in [6.07, 6.45) is 4.32. The summed E-state index contributed by atoms with van der Waals surface area (Å²) in [5.41, 5.74) is 1.11. The second-order valence-electron chi connectivity index (χ2n) is 3.79. The smallest absolute Gasteiger partial charge is 0.240 e. The number of carbonyl (C=O) groups excluding carboxylic acids is 2. The molecule has 1 fully saturated rings. The van der Waals surface area contributed by atoms with Crippen LogP contribution in [0.2, 0.25) is 0 Å². The van der Waals surface area contributed by atoms with Crippen molar-refractivity contribution < 1.29 is 9.59 Å². The van der Waals surface area contributed by atoms with Crippen LogP contribution in [0.3, 0.4) is 0 Å². The van der Waals surface area contributed by atoms with Gasteiger partial charge in [-0.05, 0) is 18.1 Å². The minimum Gasteiger partial charge on any atom is -0.294 e. The lowest BCUT2D eigenvalue weighted by molar-refractivity contribution is -0.135. The average molecular weight is 219 g/mol. The molecule has 5 heteroatoms. The van der Waals surface area contributed by atoms with Crippen LogP contribution < -0.4 is 5.32 Å². The van der Waals surface area contributed by atoms with Crippen LogP contribution in [-0.2, 0) is 16.0 Å². The van der Waals surface area contributed by atoms with Crippen molar-refractivity contribution in [1.82, 2.24) is 15.2 Å². The first-order valence-electron chi connectivity index (χ1n) is 5.18. The van der Waals surface area contributed by atoms with Crippen molar-refractivity contribution in [3.63, 3.8) is 0 Å². The molecule has 0 radical (unpaired) electrons. The third-order valence-corrected chi connectivity index (χ3v) is 2.45. The second-order valence-corrected chi connectivity index (χ2v) is 3.79. The summed E-state index contributed by atoms with van der Waals surface area (Å²) < 4.78 is 0. The summed E-state index contributed by atoms with van der Waals surface area (Å²) in [5.74, 6) is -0.440. The van der Waals surface area contributed by atoms with Gasteiger partial charge in [0.25, 0.3) is 0 Å². The van der Waals surface area contributed by atoms with Crippen LogP contribution in [0.1, 0.15) is 5.56 Å². The number of hydrogen-bond acceptors (Lipinski definition) is 4. The first-order chi connectivity index (χ1) is 7.74. The second kappa shape index (κ2) is 4.85. The molecular weight excluding hydrogens is 206 g/mol. The molecule has 1 aliphatic heterocycles. The summed E-state index contributed by atoms with van der Waals surface area (Å²) in [4.78, 5) is 28.1. The Labute approximate surface area is 93.5 Å². The first kappa shape index (κ1) is 10.8. The third-order valence-electron chi connectivity index (χ3n) is 2.45. The molecule has 0 atom stereocenters. The molecule has 84 valence electrons. The molecule has 0 saturated carbocycles. The van der Waals surface area contributed by atoms with Gasteiger partial charge in [-0.1, -0.05) is 6.07 Å². The predicted octanol–water partition coefficient (Wildman–Crippen LogP) is -0.417. The standard InChI is InChI=1S/C11H13N3O2/c15-10-7-14(8-11(16)13-10)5-3-9-2-1-4-12-6-9/h1-2,4,6H,3,5,7-8H2,(H,13,15,16). The summed E-state index contributed by atoms with van der Waals surface area (Å²) >= 11 is 0. The number of amides is 2. The summed E-state index contributed by atoms with van der Waals surface area (Å²) in [5, 5.41) is 2.28. The highest BCUT2D eigenvalue weighted by atomic mass is 16.2. The van der Waals surface area contributed by atoms with Gasteiger partial charge in [0.05, 0.1) is 13.1 Å². The fourth-order valence-corrected chi connectivity index (χ4v) is 1.69. The van der Waals surface area contributed by atoms with Gasteiger partial charge in [-0.15, -0.1) is 0 Å². The lowest BCUT2D eigenvalue weighted by Gasteiger charge is -2.24. The fraction of sp³-hybridized carbons (Fsp3) is 0.364. The Kier molecular flexibility index (Phi) is 3.26. The summed E-state index contributed by atoms with van der Waals surface area (Å²) in [7, 11) is 0. The number of imide groups is 1. The molecule has 1 aromatic rings. The highest BCUT2D eigenvalue weighted by Crippen LogP contribution is 2.01. The van der Waals surface area contributed by atoms with E-state index in [2.05, 4.69) is 10.3 Å². The van der Waals surface area contributed by atoms with Crippen molar-refractivity contribution in [2.75, 3.05) is 19.6 Å². The molecule has 0 spiro atoms. The summed E-state index contributed by atoms with van der Waals surface area (Å²) in [6.45, 7) is 1.29. The molecule has 1 saturated heterocycles. The number of nitrogens with one attached hydrogen (secondary N) is 1. The van der Waals surface area contributed by atoms with Gasteiger partial charge in [-0.25, -0.2) is 0 Å². The molecule has 2 rings (SSSR count). The molecule has 1 N–H and O–H groups in total. The lowest BCUT2D eigenvalue weighted by atomic mass is 10.2. The Morgan fingerprint density at radius 1 is 1.31 bits per heavy atom.